The van der Waals surface area contributed by atoms with Crippen molar-refractivity contribution in [3.63, 3.8) is 0 Å². The molecule has 0 radical (unpaired) electrons. The molecule has 0 aromatic carbocycles. The molecule has 1 aliphatic heterocycles. The third kappa shape index (κ3) is 3.82. The molecular weight excluding hydrogens is 188 g/mol. The second-order valence-corrected chi connectivity index (χ2v) is 4.70. The van der Waals surface area contributed by atoms with E-state index in [9.17, 15) is 4.79 Å². The van der Waals surface area contributed by atoms with Crippen LogP contribution in [0.1, 0.15) is 46.0 Å². The number of hydrogen-bond acceptors (Lipinski definition) is 2. The number of nitrogens with two attached hydrogens (primary N) is 1. The highest BCUT2D eigenvalue weighted by molar-refractivity contribution is 5.76. The van der Waals surface area contributed by atoms with Crippen LogP contribution in [0.5, 0.6) is 0 Å². The Labute approximate surface area is 93.0 Å². The third-order valence-electron chi connectivity index (χ3n) is 3.30. The molecule has 1 amide bonds. The first-order valence-corrected chi connectivity index (χ1v) is 6.18. The summed E-state index contributed by atoms with van der Waals surface area (Å²) in [4.78, 5) is 13.8. The first-order valence-electron chi connectivity index (χ1n) is 6.18. The predicted molar refractivity (Wildman–Crippen MR) is 62.5 cm³/mol. The van der Waals surface area contributed by atoms with Gasteiger partial charge < -0.3 is 10.6 Å². The standard InChI is InChI=1S/C12H24N2O/c1-3-4-7-12(15)14-8-5-6-11(9-14)10(2)13/h10-11H,3-9,13H2,1-2H3. The number of hydrogen-bond donors (Lipinski definition) is 1. The van der Waals surface area contributed by atoms with Crippen molar-refractivity contribution in [1.82, 2.24) is 4.90 Å². The fraction of sp³-hybridized carbons (Fsp3) is 0.917. The number of rotatable bonds is 4. The van der Waals surface area contributed by atoms with Crippen molar-refractivity contribution in [2.45, 2.75) is 52.0 Å². The number of piperidine rings is 1. The van der Waals surface area contributed by atoms with Crippen molar-refractivity contribution in [2.24, 2.45) is 11.7 Å². The maximum Gasteiger partial charge on any atom is 0.222 e. The molecule has 1 saturated heterocycles. The van der Waals surface area contributed by atoms with Crippen molar-refractivity contribution < 1.29 is 4.79 Å². The molecule has 1 heterocycles. The van der Waals surface area contributed by atoms with Crippen molar-refractivity contribution in [3.8, 4) is 0 Å². The van der Waals surface area contributed by atoms with Gasteiger partial charge in [0, 0.05) is 25.6 Å². The number of amides is 1. The molecule has 0 spiro atoms. The van der Waals surface area contributed by atoms with Crippen LogP contribution in [0.25, 0.3) is 0 Å². The maximum absolute atomic E-state index is 11.8. The molecule has 0 aromatic rings. The summed E-state index contributed by atoms with van der Waals surface area (Å²) in [7, 11) is 0. The van der Waals surface area contributed by atoms with Crippen molar-refractivity contribution >= 4 is 5.91 Å². The zero-order chi connectivity index (χ0) is 11.3. The molecule has 0 aromatic heterocycles. The summed E-state index contributed by atoms with van der Waals surface area (Å²) in [5.41, 5.74) is 5.89. The lowest BCUT2D eigenvalue weighted by Crippen LogP contribution is -2.44. The number of unbranched alkanes of at least 4 members (excludes halogenated alkanes) is 1. The highest BCUT2D eigenvalue weighted by atomic mass is 16.2. The van der Waals surface area contributed by atoms with E-state index in [-0.39, 0.29) is 6.04 Å². The number of carbonyl (C=O) groups excluding carboxylic acids is 1. The molecule has 15 heavy (non-hydrogen) atoms. The summed E-state index contributed by atoms with van der Waals surface area (Å²) in [6.45, 7) is 5.98. The van der Waals surface area contributed by atoms with Crippen LogP contribution < -0.4 is 5.73 Å². The van der Waals surface area contributed by atoms with Crippen LogP contribution in [0.4, 0.5) is 0 Å². The van der Waals surface area contributed by atoms with Gasteiger partial charge in [-0.15, -0.1) is 0 Å². The fourth-order valence-electron chi connectivity index (χ4n) is 2.15. The quantitative estimate of drug-likeness (QED) is 0.772. The molecule has 88 valence electrons. The van der Waals surface area contributed by atoms with Crippen molar-refractivity contribution in [3.05, 3.63) is 0 Å². The van der Waals surface area contributed by atoms with Gasteiger partial charge in [-0.2, -0.15) is 0 Å². The van der Waals surface area contributed by atoms with E-state index >= 15 is 0 Å². The molecule has 3 heteroatoms. The maximum atomic E-state index is 11.8. The van der Waals surface area contributed by atoms with E-state index in [2.05, 4.69) is 6.92 Å². The van der Waals surface area contributed by atoms with E-state index in [1.54, 1.807) is 0 Å². The normalized spacial score (nSPS) is 23.9. The second kappa shape index (κ2) is 6.11. The Morgan fingerprint density at radius 2 is 2.33 bits per heavy atom. The predicted octanol–water partition coefficient (Wildman–Crippen LogP) is 1.76. The van der Waals surface area contributed by atoms with Crippen LogP contribution in [0.2, 0.25) is 0 Å². The largest absolute Gasteiger partial charge is 0.342 e. The molecule has 0 aliphatic carbocycles. The zero-order valence-corrected chi connectivity index (χ0v) is 10.0. The van der Waals surface area contributed by atoms with Gasteiger partial charge >= 0.3 is 0 Å². The zero-order valence-electron chi connectivity index (χ0n) is 10.0. The molecule has 1 aliphatic rings. The van der Waals surface area contributed by atoms with E-state index in [0.29, 0.717) is 18.2 Å². The van der Waals surface area contributed by atoms with Crippen molar-refractivity contribution in [1.29, 1.82) is 0 Å². The molecule has 2 atom stereocenters. The van der Waals surface area contributed by atoms with Crippen molar-refractivity contribution in [2.75, 3.05) is 13.1 Å². The molecule has 1 rings (SSSR count). The van der Waals surface area contributed by atoms with Gasteiger partial charge in [0.1, 0.15) is 0 Å². The molecule has 0 saturated carbocycles. The van der Waals surface area contributed by atoms with Gasteiger partial charge in [-0.1, -0.05) is 13.3 Å². The van der Waals surface area contributed by atoms with Crippen LogP contribution in [-0.4, -0.2) is 29.9 Å². The average molecular weight is 212 g/mol. The van der Waals surface area contributed by atoms with Gasteiger partial charge in [-0.25, -0.2) is 0 Å². The van der Waals surface area contributed by atoms with Crippen LogP contribution in [0, 0.1) is 5.92 Å². The summed E-state index contributed by atoms with van der Waals surface area (Å²) in [5, 5.41) is 0. The van der Waals surface area contributed by atoms with Crippen LogP contribution in [0.3, 0.4) is 0 Å². The van der Waals surface area contributed by atoms with E-state index in [1.807, 2.05) is 11.8 Å². The minimum Gasteiger partial charge on any atom is -0.342 e. The summed E-state index contributed by atoms with van der Waals surface area (Å²) in [6, 6.07) is 0.215. The van der Waals surface area contributed by atoms with E-state index in [0.717, 1.165) is 32.4 Å². The highest BCUT2D eigenvalue weighted by Crippen LogP contribution is 2.19. The molecule has 2 N–H and O–H groups in total. The molecular formula is C12H24N2O. The van der Waals surface area contributed by atoms with Crippen LogP contribution in [0.15, 0.2) is 0 Å². The van der Waals surface area contributed by atoms with E-state index in [4.69, 9.17) is 5.73 Å². The first-order chi connectivity index (χ1) is 7.15. The van der Waals surface area contributed by atoms with Gasteiger partial charge in [0.25, 0.3) is 0 Å². The van der Waals surface area contributed by atoms with E-state index in [1.165, 1.54) is 6.42 Å². The minimum atomic E-state index is 0.215. The van der Waals surface area contributed by atoms with Gasteiger partial charge in [0.15, 0.2) is 0 Å². The van der Waals surface area contributed by atoms with Crippen LogP contribution in [-0.2, 0) is 4.79 Å². The summed E-state index contributed by atoms with van der Waals surface area (Å²) in [5.74, 6) is 0.825. The second-order valence-electron chi connectivity index (χ2n) is 4.70. The summed E-state index contributed by atoms with van der Waals surface area (Å²) >= 11 is 0. The Morgan fingerprint density at radius 3 is 2.93 bits per heavy atom. The number of likely N-dealkylation sites (tertiary alicyclic amines) is 1. The molecule has 2 unspecified atom stereocenters. The topological polar surface area (TPSA) is 46.3 Å². The van der Waals surface area contributed by atoms with E-state index < -0.39 is 0 Å². The summed E-state index contributed by atoms with van der Waals surface area (Å²) < 4.78 is 0. The number of carbonyl (C=O) groups is 1. The Hall–Kier alpha value is -0.570. The SMILES string of the molecule is CCCCC(=O)N1CCCC(C(C)N)C1. The van der Waals surface area contributed by atoms with Crippen LogP contribution >= 0.6 is 0 Å². The van der Waals surface area contributed by atoms with Gasteiger partial charge in [-0.3, -0.25) is 4.79 Å². The molecule has 0 bridgehead atoms. The Balaban J connectivity index is 2.38. The summed E-state index contributed by atoms with van der Waals surface area (Å²) in [6.07, 6.45) is 5.11. The molecule has 1 fully saturated rings. The lowest BCUT2D eigenvalue weighted by Gasteiger charge is -2.34. The average Bonchev–Trinajstić information content (AvgIpc) is 2.26. The first kappa shape index (κ1) is 12.5. The highest BCUT2D eigenvalue weighted by Gasteiger charge is 2.25. The third-order valence-corrected chi connectivity index (χ3v) is 3.30. The van der Waals surface area contributed by atoms with Gasteiger partial charge in [0.2, 0.25) is 5.91 Å². The Morgan fingerprint density at radius 1 is 1.60 bits per heavy atom. The smallest absolute Gasteiger partial charge is 0.222 e. The monoisotopic (exact) mass is 212 g/mol. The lowest BCUT2D eigenvalue weighted by atomic mass is 9.92. The van der Waals surface area contributed by atoms with Gasteiger partial charge in [-0.05, 0) is 32.1 Å². The number of nitrogens with zero attached hydrogens (tertiary/aromatic N) is 1. The fourth-order valence-corrected chi connectivity index (χ4v) is 2.15. The minimum absolute atomic E-state index is 0.215. The Bertz CT molecular complexity index is 204. The Kier molecular flexibility index (Phi) is 5.09. The lowest BCUT2D eigenvalue weighted by molar-refractivity contribution is -0.133. The van der Waals surface area contributed by atoms with Gasteiger partial charge in [0.05, 0.1) is 0 Å². The molecule has 3 nitrogen and oxygen atoms in total.